The Morgan fingerprint density at radius 2 is 1.55 bits per heavy atom. The third-order valence-corrected chi connectivity index (χ3v) is 5.14. The van der Waals surface area contributed by atoms with Crippen LogP contribution in [0.15, 0.2) is 102 Å². The van der Waals surface area contributed by atoms with Gasteiger partial charge in [0.2, 0.25) is 0 Å². The first-order chi connectivity index (χ1) is 16.1. The molecular formula is C28H23NO4. The molecule has 3 aromatic carbocycles. The van der Waals surface area contributed by atoms with Gasteiger partial charge in [-0.1, -0.05) is 66.7 Å². The van der Waals surface area contributed by atoms with Crippen LogP contribution in [0.5, 0.6) is 5.75 Å². The first-order valence-electron chi connectivity index (χ1n) is 10.5. The first-order valence-corrected chi connectivity index (χ1v) is 10.5. The van der Waals surface area contributed by atoms with Crippen molar-refractivity contribution in [2.45, 2.75) is 13.2 Å². The van der Waals surface area contributed by atoms with E-state index in [0.29, 0.717) is 13.2 Å². The second kappa shape index (κ2) is 10.3. The average Bonchev–Trinajstić information content (AvgIpc) is 2.84. The normalized spacial score (nSPS) is 10.9. The second-order valence-corrected chi connectivity index (χ2v) is 7.61. The summed E-state index contributed by atoms with van der Waals surface area (Å²) >= 11 is 0. The minimum atomic E-state index is -0.986. The molecule has 5 nitrogen and oxygen atoms in total. The molecule has 0 atom stereocenters. The smallest absolute Gasteiger partial charge is 0.335 e. The van der Waals surface area contributed by atoms with Gasteiger partial charge in [0.1, 0.15) is 12.4 Å². The number of hydrogen-bond donors (Lipinski definition) is 1. The molecule has 164 valence electrons. The summed E-state index contributed by atoms with van der Waals surface area (Å²) in [5, 5.41) is 9.13. The highest BCUT2D eigenvalue weighted by molar-refractivity contribution is 5.87. The van der Waals surface area contributed by atoms with Gasteiger partial charge in [0.15, 0.2) is 0 Å². The Balaban J connectivity index is 1.38. The Morgan fingerprint density at radius 3 is 2.27 bits per heavy atom. The van der Waals surface area contributed by atoms with E-state index in [1.807, 2.05) is 72.8 Å². The summed E-state index contributed by atoms with van der Waals surface area (Å²) in [6.45, 7) is 0.835. The molecule has 0 amide bonds. The van der Waals surface area contributed by atoms with E-state index in [9.17, 15) is 9.59 Å². The number of aromatic carboxylic acids is 1. The topological polar surface area (TPSA) is 68.5 Å². The van der Waals surface area contributed by atoms with Gasteiger partial charge in [-0.15, -0.1) is 0 Å². The standard InChI is InChI=1S/C28H23NO4/c30-27-18-22(15-16-29(27)19-24-7-4-8-25(17-24)28(31)32)10-9-21-11-13-26(14-12-21)33-20-23-5-2-1-3-6-23/h1-18H,19-20H2,(H,31,32)/b10-9+. The summed E-state index contributed by atoms with van der Waals surface area (Å²) in [4.78, 5) is 23.6. The molecule has 0 saturated carbocycles. The second-order valence-electron chi connectivity index (χ2n) is 7.61. The highest BCUT2D eigenvalue weighted by atomic mass is 16.5. The van der Waals surface area contributed by atoms with Crippen LogP contribution in [0.25, 0.3) is 12.2 Å². The predicted molar refractivity (Wildman–Crippen MR) is 129 cm³/mol. The summed E-state index contributed by atoms with van der Waals surface area (Å²) in [6.07, 6.45) is 5.54. The van der Waals surface area contributed by atoms with Gasteiger partial charge in [0.05, 0.1) is 12.1 Å². The van der Waals surface area contributed by atoms with E-state index >= 15 is 0 Å². The Bertz CT molecular complexity index is 1320. The summed E-state index contributed by atoms with van der Waals surface area (Å²) in [7, 11) is 0. The number of carboxylic acids is 1. The van der Waals surface area contributed by atoms with E-state index < -0.39 is 5.97 Å². The molecule has 1 heterocycles. The zero-order chi connectivity index (χ0) is 23.0. The van der Waals surface area contributed by atoms with Crippen LogP contribution in [-0.4, -0.2) is 15.6 Å². The van der Waals surface area contributed by atoms with Crippen molar-refractivity contribution < 1.29 is 14.6 Å². The van der Waals surface area contributed by atoms with Crippen molar-refractivity contribution in [3.63, 3.8) is 0 Å². The number of rotatable bonds is 8. The minimum Gasteiger partial charge on any atom is -0.489 e. The van der Waals surface area contributed by atoms with Crippen LogP contribution in [0.3, 0.4) is 0 Å². The summed E-state index contributed by atoms with van der Waals surface area (Å²) in [6, 6.07) is 27.8. The maximum atomic E-state index is 12.5. The lowest BCUT2D eigenvalue weighted by Crippen LogP contribution is -2.19. The number of pyridine rings is 1. The van der Waals surface area contributed by atoms with Crippen molar-refractivity contribution in [2.24, 2.45) is 0 Å². The van der Waals surface area contributed by atoms with Gasteiger partial charge >= 0.3 is 5.97 Å². The molecule has 0 radical (unpaired) electrons. The van der Waals surface area contributed by atoms with Gasteiger partial charge in [-0.3, -0.25) is 4.79 Å². The molecule has 4 aromatic rings. The maximum Gasteiger partial charge on any atom is 0.335 e. The van der Waals surface area contributed by atoms with Crippen LogP contribution >= 0.6 is 0 Å². The summed E-state index contributed by atoms with van der Waals surface area (Å²) in [5.74, 6) is -0.189. The molecule has 0 aliphatic heterocycles. The molecule has 33 heavy (non-hydrogen) atoms. The van der Waals surface area contributed by atoms with E-state index in [-0.39, 0.29) is 11.1 Å². The fourth-order valence-corrected chi connectivity index (χ4v) is 3.37. The number of nitrogens with zero attached hydrogens (tertiary/aromatic N) is 1. The van der Waals surface area contributed by atoms with Crippen molar-refractivity contribution >= 4 is 18.1 Å². The van der Waals surface area contributed by atoms with Crippen molar-refractivity contribution in [3.05, 3.63) is 135 Å². The van der Waals surface area contributed by atoms with Crippen molar-refractivity contribution in [1.29, 1.82) is 0 Å². The summed E-state index contributed by atoms with van der Waals surface area (Å²) in [5.41, 5.74) is 3.72. The first kappa shape index (κ1) is 21.8. The fraction of sp³-hybridized carbons (Fsp3) is 0.0714. The average molecular weight is 437 g/mol. The lowest BCUT2D eigenvalue weighted by atomic mass is 10.1. The number of aromatic nitrogens is 1. The maximum absolute atomic E-state index is 12.5. The van der Waals surface area contributed by atoms with E-state index in [4.69, 9.17) is 9.84 Å². The van der Waals surface area contributed by atoms with Gasteiger partial charge in [0, 0.05) is 12.3 Å². The number of hydrogen-bond acceptors (Lipinski definition) is 3. The zero-order valence-electron chi connectivity index (χ0n) is 17.9. The summed E-state index contributed by atoms with van der Waals surface area (Å²) < 4.78 is 7.36. The van der Waals surface area contributed by atoms with Crippen molar-refractivity contribution in [1.82, 2.24) is 4.57 Å². The number of carboxylic acid groups (broad SMARTS) is 1. The highest BCUT2D eigenvalue weighted by Gasteiger charge is 2.05. The van der Waals surface area contributed by atoms with E-state index in [1.165, 1.54) is 6.07 Å². The van der Waals surface area contributed by atoms with Gasteiger partial charge < -0.3 is 14.4 Å². The molecule has 0 aliphatic carbocycles. The zero-order valence-corrected chi connectivity index (χ0v) is 17.9. The van der Waals surface area contributed by atoms with Crippen LogP contribution in [0.4, 0.5) is 0 Å². The number of carbonyl (C=O) groups is 1. The Hall–Kier alpha value is -4.38. The third-order valence-electron chi connectivity index (χ3n) is 5.14. The van der Waals surface area contributed by atoms with Crippen LogP contribution < -0.4 is 10.3 Å². The highest BCUT2D eigenvalue weighted by Crippen LogP contribution is 2.16. The van der Waals surface area contributed by atoms with Gasteiger partial charge in [-0.05, 0) is 52.6 Å². The molecule has 0 aliphatic rings. The molecule has 0 unspecified atom stereocenters. The van der Waals surface area contributed by atoms with Crippen LogP contribution in [0.2, 0.25) is 0 Å². The lowest BCUT2D eigenvalue weighted by Gasteiger charge is -2.07. The molecule has 0 spiro atoms. The third kappa shape index (κ3) is 6.08. The van der Waals surface area contributed by atoms with Gasteiger partial charge in [0.25, 0.3) is 5.56 Å². The molecule has 0 saturated heterocycles. The van der Waals surface area contributed by atoms with E-state index in [0.717, 1.165) is 28.0 Å². The van der Waals surface area contributed by atoms with Crippen LogP contribution in [0, 0.1) is 0 Å². The van der Waals surface area contributed by atoms with E-state index in [2.05, 4.69) is 0 Å². The fourth-order valence-electron chi connectivity index (χ4n) is 3.37. The molecule has 0 fully saturated rings. The van der Waals surface area contributed by atoms with Gasteiger partial charge in [-0.25, -0.2) is 4.79 Å². The molecular weight excluding hydrogens is 414 g/mol. The monoisotopic (exact) mass is 437 g/mol. The Kier molecular flexibility index (Phi) is 6.81. The predicted octanol–water partition coefficient (Wildman–Crippen LogP) is 5.34. The van der Waals surface area contributed by atoms with Crippen molar-refractivity contribution in [2.75, 3.05) is 0 Å². The SMILES string of the molecule is O=C(O)c1cccc(Cn2ccc(/C=C/c3ccc(OCc4ccccc4)cc3)cc2=O)c1. The minimum absolute atomic E-state index is 0.150. The Labute approximate surface area is 191 Å². The largest absolute Gasteiger partial charge is 0.489 e. The molecule has 4 rings (SSSR count). The molecule has 0 bridgehead atoms. The van der Waals surface area contributed by atoms with Gasteiger partial charge in [-0.2, -0.15) is 0 Å². The van der Waals surface area contributed by atoms with Crippen molar-refractivity contribution in [3.8, 4) is 5.75 Å². The molecule has 1 aromatic heterocycles. The lowest BCUT2D eigenvalue weighted by molar-refractivity contribution is 0.0696. The number of benzene rings is 3. The quantitative estimate of drug-likeness (QED) is 0.404. The molecule has 1 N–H and O–H groups in total. The number of ether oxygens (including phenoxy) is 1. The van der Waals surface area contributed by atoms with Crippen LogP contribution in [0.1, 0.15) is 32.6 Å². The van der Waals surface area contributed by atoms with Crippen LogP contribution in [-0.2, 0) is 13.2 Å². The molecule has 5 heteroatoms. The Morgan fingerprint density at radius 1 is 0.818 bits per heavy atom. The van der Waals surface area contributed by atoms with E-state index in [1.54, 1.807) is 35.0 Å².